The van der Waals surface area contributed by atoms with Crippen LogP contribution in [0, 0.1) is 0 Å². The van der Waals surface area contributed by atoms with E-state index in [1.165, 1.54) is 81.1 Å². The zero-order valence-electron chi connectivity index (χ0n) is 25.8. The molecule has 0 atom stereocenters. The first-order chi connectivity index (χ1) is 19.8. The van der Waals surface area contributed by atoms with E-state index in [4.69, 9.17) is 0 Å². The van der Waals surface area contributed by atoms with Crippen molar-refractivity contribution in [1.82, 2.24) is 0 Å². The molecular weight excluding hydrogens is 496 g/mol. The summed E-state index contributed by atoms with van der Waals surface area (Å²) < 4.78 is 2.59. The summed E-state index contributed by atoms with van der Waals surface area (Å²) in [5.41, 5.74) is 8.29. The molecule has 0 amide bonds. The molecule has 0 spiro atoms. The third-order valence-corrected chi connectivity index (χ3v) is 9.50. The maximum Gasteiger partial charge on any atom is 0.210 e. The van der Waals surface area contributed by atoms with Crippen LogP contribution < -0.4 is 4.90 Å². The number of benzene rings is 4. The first kappa shape index (κ1) is 27.5. The molecule has 2 aliphatic heterocycles. The predicted molar refractivity (Wildman–Crippen MR) is 178 cm³/mol. The van der Waals surface area contributed by atoms with Crippen molar-refractivity contribution in [3.8, 4) is 0 Å². The van der Waals surface area contributed by atoms with Crippen molar-refractivity contribution in [3.05, 3.63) is 108 Å². The lowest BCUT2D eigenvalue weighted by atomic mass is 9.80. The molecule has 0 saturated carbocycles. The number of hydrogen-bond acceptors (Lipinski definition) is 1. The van der Waals surface area contributed by atoms with Gasteiger partial charge in [-0.1, -0.05) is 95.1 Å². The molecule has 0 unspecified atom stereocenters. The van der Waals surface area contributed by atoms with E-state index < -0.39 is 0 Å². The van der Waals surface area contributed by atoms with Gasteiger partial charge in [-0.25, -0.2) is 0 Å². The molecule has 0 bridgehead atoms. The van der Waals surface area contributed by atoms with Crippen LogP contribution in [0.2, 0.25) is 0 Å². The third-order valence-electron chi connectivity index (χ3n) is 9.50. The Balaban J connectivity index is 1.44. The molecule has 6 rings (SSSR count). The maximum absolute atomic E-state index is 2.59. The lowest BCUT2D eigenvalue weighted by Crippen LogP contribution is -2.28. The summed E-state index contributed by atoms with van der Waals surface area (Å²) >= 11 is 0. The zero-order chi connectivity index (χ0) is 28.8. The van der Waals surface area contributed by atoms with Crippen LogP contribution >= 0.6 is 0 Å². The molecule has 0 saturated heterocycles. The van der Waals surface area contributed by atoms with E-state index in [0.717, 1.165) is 13.1 Å². The van der Waals surface area contributed by atoms with Gasteiger partial charge in [0.15, 0.2) is 5.71 Å². The van der Waals surface area contributed by atoms with Crippen LogP contribution in [-0.4, -0.2) is 23.4 Å². The summed E-state index contributed by atoms with van der Waals surface area (Å²) in [6.07, 6.45) is 11.9. The summed E-state index contributed by atoms with van der Waals surface area (Å²) in [6.45, 7) is 16.3. The van der Waals surface area contributed by atoms with E-state index in [0.29, 0.717) is 0 Å². The lowest BCUT2D eigenvalue weighted by Gasteiger charge is -2.27. The summed E-state index contributed by atoms with van der Waals surface area (Å²) in [4.78, 5) is 2.59. The molecule has 210 valence electrons. The van der Waals surface area contributed by atoms with Gasteiger partial charge in [-0.2, -0.15) is 4.58 Å². The Bertz CT molecular complexity index is 1710. The topological polar surface area (TPSA) is 6.25 Å². The van der Waals surface area contributed by atoms with E-state index in [1.54, 1.807) is 0 Å². The van der Waals surface area contributed by atoms with Crippen LogP contribution in [0.15, 0.2) is 96.7 Å². The number of fused-ring (bicyclic) bond motifs is 4. The highest BCUT2D eigenvalue weighted by atomic mass is 15.2. The molecule has 2 heterocycles. The second-order valence-corrected chi connectivity index (χ2v) is 13.0. The van der Waals surface area contributed by atoms with Gasteiger partial charge in [-0.05, 0) is 71.7 Å². The number of rotatable bonds is 8. The third kappa shape index (κ3) is 4.62. The molecule has 0 fully saturated rings. The molecule has 0 N–H and O–H groups in total. The molecule has 2 heteroatoms. The zero-order valence-corrected chi connectivity index (χ0v) is 25.8. The van der Waals surface area contributed by atoms with Crippen LogP contribution in [0.1, 0.15) is 78.4 Å². The Hall–Kier alpha value is -3.65. The molecule has 4 aromatic rings. The highest BCUT2D eigenvalue weighted by molar-refractivity contribution is 6.05. The van der Waals surface area contributed by atoms with E-state index in [1.807, 2.05) is 0 Å². The minimum absolute atomic E-state index is 0.0596. The Morgan fingerprint density at radius 1 is 0.707 bits per heavy atom. The molecule has 0 aliphatic carbocycles. The van der Waals surface area contributed by atoms with Gasteiger partial charge in [0.25, 0.3) is 0 Å². The van der Waals surface area contributed by atoms with Gasteiger partial charge in [-0.15, -0.1) is 0 Å². The van der Waals surface area contributed by atoms with Crippen LogP contribution in [0.3, 0.4) is 0 Å². The second-order valence-electron chi connectivity index (χ2n) is 13.0. The van der Waals surface area contributed by atoms with Crippen LogP contribution in [-0.2, 0) is 10.8 Å². The summed E-state index contributed by atoms with van der Waals surface area (Å²) in [5.74, 6) is 0. The molecule has 2 nitrogen and oxygen atoms in total. The monoisotopic (exact) mass is 541 g/mol. The smallest absolute Gasteiger partial charge is 0.210 e. The normalized spacial score (nSPS) is 18.3. The quantitative estimate of drug-likeness (QED) is 0.201. The first-order valence-electron chi connectivity index (χ1n) is 15.6. The highest BCUT2D eigenvalue weighted by Gasteiger charge is 2.44. The number of nitrogens with zero attached hydrogens (tertiary/aromatic N) is 2. The second kappa shape index (κ2) is 10.6. The van der Waals surface area contributed by atoms with Gasteiger partial charge in [-0.3, -0.25) is 0 Å². The van der Waals surface area contributed by atoms with Gasteiger partial charge in [0.05, 0.1) is 5.41 Å². The summed E-state index contributed by atoms with van der Waals surface area (Å²) in [5, 5.41) is 5.29. The average molecular weight is 542 g/mol. The van der Waals surface area contributed by atoms with E-state index in [9.17, 15) is 0 Å². The van der Waals surface area contributed by atoms with Crippen molar-refractivity contribution >= 4 is 38.6 Å². The van der Waals surface area contributed by atoms with E-state index in [-0.39, 0.29) is 10.8 Å². The average Bonchev–Trinajstić information content (AvgIpc) is 3.30. The molecule has 2 aliphatic rings. The van der Waals surface area contributed by atoms with Gasteiger partial charge in [0, 0.05) is 47.5 Å². The predicted octanol–water partition coefficient (Wildman–Crippen LogP) is 10.2. The minimum Gasteiger partial charge on any atom is -0.344 e. The van der Waals surface area contributed by atoms with E-state index >= 15 is 0 Å². The maximum atomic E-state index is 2.59. The van der Waals surface area contributed by atoms with Crippen LogP contribution in [0.25, 0.3) is 21.5 Å². The number of anilines is 1. The van der Waals surface area contributed by atoms with Gasteiger partial charge in [0.1, 0.15) is 6.54 Å². The standard InChI is InChI=1S/C39H45N2/c1-7-9-22-40-34-26-30-18-13-11-16-28(30)24-32(34)38(3,4)36(40)20-15-21-37-39(5,6)33-25-29-17-12-14-19-31(29)27-35(33)41(37)23-10-8-2/h11-21,24-27H,7-10,22-23H2,1-6H3/q+1. The lowest BCUT2D eigenvalue weighted by molar-refractivity contribution is -0.438. The van der Waals surface area contributed by atoms with Crippen molar-refractivity contribution in [2.75, 3.05) is 18.0 Å². The SMILES string of the molecule is CCCCN1/C(=C/C=C/C2=[N+](CCCC)c3cc4ccccc4cc3C2(C)C)C(C)(C)c2cc3ccccc3cc21. The first-order valence-corrected chi connectivity index (χ1v) is 15.6. The summed E-state index contributed by atoms with van der Waals surface area (Å²) in [7, 11) is 0. The Morgan fingerprint density at radius 2 is 1.29 bits per heavy atom. The number of hydrogen-bond donors (Lipinski definition) is 0. The number of unbranched alkanes of at least 4 members (excludes halogenated alkanes) is 2. The largest absolute Gasteiger partial charge is 0.344 e. The minimum atomic E-state index is -0.0596. The van der Waals surface area contributed by atoms with E-state index in [2.05, 4.69) is 142 Å². The van der Waals surface area contributed by atoms with Crippen molar-refractivity contribution < 1.29 is 4.58 Å². The fraction of sp³-hybridized carbons (Fsp3) is 0.359. The van der Waals surface area contributed by atoms with Gasteiger partial charge >= 0.3 is 0 Å². The van der Waals surface area contributed by atoms with Crippen molar-refractivity contribution in [2.45, 2.75) is 78.1 Å². The van der Waals surface area contributed by atoms with Crippen molar-refractivity contribution in [1.29, 1.82) is 0 Å². The Morgan fingerprint density at radius 3 is 1.93 bits per heavy atom. The fourth-order valence-corrected chi connectivity index (χ4v) is 7.06. The van der Waals surface area contributed by atoms with Crippen molar-refractivity contribution in [2.24, 2.45) is 0 Å². The molecule has 4 aromatic carbocycles. The van der Waals surface area contributed by atoms with Crippen LogP contribution in [0.4, 0.5) is 11.4 Å². The summed E-state index contributed by atoms with van der Waals surface area (Å²) in [6, 6.07) is 27.3. The highest BCUT2D eigenvalue weighted by Crippen LogP contribution is 2.49. The Kier molecular flexibility index (Phi) is 7.14. The van der Waals surface area contributed by atoms with Crippen LogP contribution in [0.5, 0.6) is 0 Å². The molecule has 41 heavy (non-hydrogen) atoms. The number of allylic oxidation sites excluding steroid dienone is 4. The van der Waals surface area contributed by atoms with Gasteiger partial charge < -0.3 is 4.90 Å². The fourth-order valence-electron chi connectivity index (χ4n) is 7.06. The molecule has 0 aromatic heterocycles. The van der Waals surface area contributed by atoms with Gasteiger partial charge in [0.2, 0.25) is 5.69 Å². The molecule has 0 radical (unpaired) electrons. The van der Waals surface area contributed by atoms with Crippen molar-refractivity contribution in [3.63, 3.8) is 0 Å². The molecular formula is C39H45N2+. The Labute approximate surface area is 246 Å².